The third-order valence-electron chi connectivity index (χ3n) is 6.07. The average Bonchev–Trinajstić information content (AvgIpc) is 2.89. The number of aryl methyl sites for hydroxylation is 1. The van der Waals surface area contributed by atoms with Gasteiger partial charge in [-0.1, -0.05) is 30.7 Å². The quantitative estimate of drug-likeness (QED) is 0.478. The summed E-state index contributed by atoms with van der Waals surface area (Å²) in [6.45, 7) is 3.63. The Hall–Kier alpha value is -3.54. The predicted molar refractivity (Wildman–Crippen MR) is 140 cm³/mol. The van der Waals surface area contributed by atoms with Gasteiger partial charge >= 0.3 is 0 Å². The first-order chi connectivity index (χ1) is 17.2. The molecule has 0 saturated carbocycles. The lowest BCUT2D eigenvalue weighted by atomic mass is 10.1. The highest BCUT2D eigenvalue weighted by Gasteiger charge is 2.17. The Balaban J connectivity index is 1.53. The zero-order valence-electron chi connectivity index (χ0n) is 20.7. The maximum atomic E-state index is 6.28. The number of nitrogens with one attached hydrogen (secondary N) is 1. The number of methoxy groups -OCH3 is 1. The van der Waals surface area contributed by atoms with E-state index in [9.17, 15) is 0 Å². The van der Waals surface area contributed by atoms with Gasteiger partial charge in [0.15, 0.2) is 11.5 Å². The van der Waals surface area contributed by atoms with Crippen LogP contribution in [-0.4, -0.2) is 37.1 Å². The van der Waals surface area contributed by atoms with Crippen molar-refractivity contribution in [2.45, 2.75) is 51.5 Å². The van der Waals surface area contributed by atoms with Gasteiger partial charge in [-0.3, -0.25) is 4.99 Å². The molecule has 35 heavy (non-hydrogen) atoms. The molecule has 1 unspecified atom stereocenters. The van der Waals surface area contributed by atoms with Crippen molar-refractivity contribution >= 4 is 5.84 Å². The zero-order valence-corrected chi connectivity index (χ0v) is 20.7. The molecule has 0 aliphatic carbocycles. The van der Waals surface area contributed by atoms with Crippen molar-refractivity contribution < 1.29 is 14.2 Å². The van der Waals surface area contributed by atoms with Crippen LogP contribution in [0.1, 0.15) is 50.2 Å². The Labute approximate surface area is 208 Å². The first kappa shape index (κ1) is 24.6. The lowest BCUT2D eigenvalue weighted by molar-refractivity contribution is 0.290. The summed E-state index contributed by atoms with van der Waals surface area (Å²) < 4.78 is 17.6. The number of hydrogen-bond acceptors (Lipinski definition) is 6. The molecule has 1 N–H and O–H groups in total. The van der Waals surface area contributed by atoms with Gasteiger partial charge in [-0.15, -0.1) is 0 Å². The van der Waals surface area contributed by atoms with Crippen LogP contribution in [0.3, 0.4) is 0 Å². The van der Waals surface area contributed by atoms with Gasteiger partial charge < -0.3 is 19.5 Å². The average molecular weight is 474 g/mol. The topological polar surface area (TPSA) is 65.0 Å². The molecule has 0 fully saturated rings. The van der Waals surface area contributed by atoms with E-state index in [4.69, 9.17) is 19.2 Å². The lowest BCUT2D eigenvalue weighted by Gasteiger charge is -2.20. The van der Waals surface area contributed by atoms with Crippen molar-refractivity contribution in [3.05, 3.63) is 78.0 Å². The molecule has 3 aromatic rings. The van der Waals surface area contributed by atoms with Crippen LogP contribution < -0.4 is 19.5 Å². The maximum Gasteiger partial charge on any atom is 0.230 e. The monoisotopic (exact) mass is 473 g/mol. The van der Waals surface area contributed by atoms with Gasteiger partial charge in [-0.25, -0.2) is 4.98 Å². The molecule has 0 saturated heterocycles. The molecule has 0 amide bonds. The second kappa shape index (κ2) is 12.8. The minimum Gasteiger partial charge on any atom is -0.497 e. The smallest absolute Gasteiger partial charge is 0.230 e. The Kier molecular flexibility index (Phi) is 8.98. The number of hydrogen-bond donors (Lipinski definition) is 1. The number of benzene rings is 2. The second-order valence-electron chi connectivity index (χ2n) is 8.83. The number of fused-ring (bicyclic) bond motifs is 2. The van der Waals surface area contributed by atoms with Crippen molar-refractivity contribution in [1.82, 2.24) is 10.3 Å². The van der Waals surface area contributed by atoms with Gasteiger partial charge in [0.05, 0.1) is 19.3 Å². The highest BCUT2D eigenvalue weighted by molar-refractivity contribution is 6.01. The largest absolute Gasteiger partial charge is 0.497 e. The van der Waals surface area contributed by atoms with Crippen molar-refractivity contribution in [3.63, 3.8) is 0 Å². The third-order valence-corrected chi connectivity index (χ3v) is 6.07. The van der Waals surface area contributed by atoms with Crippen LogP contribution in [0.4, 0.5) is 0 Å². The fourth-order valence-corrected chi connectivity index (χ4v) is 4.04. The van der Waals surface area contributed by atoms with Crippen LogP contribution in [-0.2, 0) is 6.42 Å². The van der Waals surface area contributed by atoms with E-state index < -0.39 is 0 Å². The van der Waals surface area contributed by atoms with Gasteiger partial charge in [0.2, 0.25) is 5.88 Å². The first-order valence-corrected chi connectivity index (χ1v) is 12.5. The number of aliphatic imine (C=N–C) groups is 1. The SMILES string of the molecule is COc1ccc(CCC(C)NC2=NCCCCCCOc3ccccc3Oc3ncccc32)cc1. The van der Waals surface area contributed by atoms with Crippen molar-refractivity contribution in [3.8, 4) is 23.1 Å². The van der Waals surface area contributed by atoms with Crippen molar-refractivity contribution in [1.29, 1.82) is 0 Å². The fraction of sp³-hybridized carbons (Fsp3) is 0.379. The molecule has 2 heterocycles. The summed E-state index contributed by atoms with van der Waals surface area (Å²) in [7, 11) is 1.69. The molecule has 1 aliphatic rings. The molecule has 0 spiro atoms. The molecule has 0 radical (unpaired) electrons. The van der Waals surface area contributed by atoms with Crippen molar-refractivity contribution in [2.24, 2.45) is 4.99 Å². The highest BCUT2D eigenvalue weighted by atomic mass is 16.5. The molecule has 1 atom stereocenters. The Morgan fingerprint density at radius 2 is 1.74 bits per heavy atom. The highest BCUT2D eigenvalue weighted by Crippen LogP contribution is 2.32. The van der Waals surface area contributed by atoms with Crippen LogP contribution >= 0.6 is 0 Å². The Bertz CT molecular complexity index is 1100. The van der Waals surface area contributed by atoms with Crippen LogP contribution in [0.15, 0.2) is 71.9 Å². The molecule has 0 bridgehead atoms. The molecular weight excluding hydrogens is 438 g/mol. The van der Waals surface area contributed by atoms with E-state index in [2.05, 4.69) is 29.4 Å². The minimum absolute atomic E-state index is 0.221. The summed E-state index contributed by atoms with van der Waals surface area (Å²) in [6.07, 6.45) is 7.99. The fourth-order valence-electron chi connectivity index (χ4n) is 4.04. The number of nitrogens with zero attached hydrogens (tertiary/aromatic N) is 2. The van der Waals surface area contributed by atoms with Gasteiger partial charge in [-0.2, -0.15) is 0 Å². The number of aromatic nitrogens is 1. The molecule has 184 valence electrons. The molecule has 2 aromatic carbocycles. The number of para-hydroxylation sites is 2. The number of ether oxygens (including phenoxy) is 3. The molecule has 1 aliphatic heterocycles. The minimum atomic E-state index is 0.221. The summed E-state index contributed by atoms with van der Waals surface area (Å²) in [5, 5.41) is 3.65. The van der Waals surface area contributed by atoms with Gasteiger partial charge in [0.1, 0.15) is 11.6 Å². The number of rotatable bonds is 5. The molecular formula is C29H35N3O3. The number of pyridine rings is 1. The first-order valence-electron chi connectivity index (χ1n) is 12.5. The predicted octanol–water partition coefficient (Wildman–Crippen LogP) is 6.19. The summed E-state index contributed by atoms with van der Waals surface area (Å²) in [6, 6.07) is 20.2. The molecule has 4 rings (SSSR count). The Morgan fingerprint density at radius 3 is 2.57 bits per heavy atom. The van der Waals surface area contributed by atoms with E-state index in [0.717, 1.165) is 68.0 Å². The summed E-state index contributed by atoms with van der Waals surface area (Å²) in [5.41, 5.74) is 2.14. The summed E-state index contributed by atoms with van der Waals surface area (Å²) in [4.78, 5) is 9.51. The van der Waals surface area contributed by atoms with E-state index >= 15 is 0 Å². The van der Waals surface area contributed by atoms with E-state index in [1.54, 1.807) is 13.3 Å². The van der Waals surface area contributed by atoms with Crippen LogP contribution in [0.25, 0.3) is 0 Å². The normalized spacial score (nSPS) is 15.2. The van der Waals surface area contributed by atoms with E-state index in [0.29, 0.717) is 18.2 Å². The zero-order chi connectivity index (χ0) is 24.3. The van der Waals surface area contributed by atoms with E-state index in [1.807, 2.05) is 48.5 Å². The van der Waals surface area contributed by atoms with Crippen LogP contribution in [0.2, 0.25) is 0 Å². The van der Waals surface area contributed by atoms with E-state index in [-0.39, 0.29) is 6.04 Å². The lowest BCUT2D eigenvalue weighted by Crippen LogP contribution is -2.34. The summed E-state index contributed by atoms with van der Waals surface area (Å²) in [5.74, 6) is 3.63. The van der Waals surface area contributed by atoms with E-state index in [1.165, 1.54) is 5.56 Å². The summed E-state index contributed by atoms with van der Waals surface area (Å²) >= 11 is 0. The maximum absolute atomic E-state index is 6.28. The van der Waals surface area contributed by atoms with Gasteiger partial charge in [0.25, 0.3) is 0 Å². The van der Waals surface area contributed by atoms with Crippen LogP contribution in [0.5, 0.6) is 23.1 Å². The van der Waals surface area contributed by atoms with Gasteiger partial charge in [0, 0.05) is 18.8 Å². The Morgan fingerprint density at radius 1 is 0.943 bits per heavy atom. The molecule has 6 nitrogen and oxygen atoms in total. The molecule has 1 aromatic heterocycles. The second-order valence-corrected chi connectivity index (χ2v) is 8.83. The van der Waals surface area contributed by atoms with Crippen LogP contribution in [0, 0.1) is 0 Å². The molecule has 6 heteroatoms. The number of amidine groups is 1. The van der Waals surface area contributed by atoms with Gasteiger partial charge in [-0.05, 0) is 81.0 Å². The third kappa shape index (κ3) is 7.22. The standard InChI is InChI=1S/C29H35N3O3/c1-22(13-14-23-15-17-24(33-2)18-16-23)32-28-25-10-9-20-31-29(25)35-27-12-6-5-11-26(27)34-21-8-4-3-7-19-30-28/h5-6,9-12,15-18,20,22H,3-4,7-8,13-14,19,21H2,1-2H3,(H,30,32). The van der Waals surface area contributed by atoms with Crippen molar-refractivity contribution in [2.75, 3.05) is 20.3 Å².